The molecule has 128 valence electrons. The van der Waals surface area contributed by atoms with Gasteiger partial charge in [-0.05, 0) is 40.4 Å². The number of ether oxygens (including phenoxy) is 2. The highest BCUT2D eigenvalue weighted by atomic mass is 79.9. The van der Waals surface area contributed by atoms with E-state index in [1.807, 2.05) is 6.92 Å². The molecule has 6 nitrogen and oxygen atoms in total. The van der Waals surface area contributed by atoms with Crippen LogP contribution in [-0.4, -0.2) is 37.2 Å². The number of carbonyl (C=O) groups excluding carboxylic acids is 1. The summed E-state index contributed by atoms with van der Waals surface area (Å²) in [4.78, 5) is 22.8. The van der Waals surface area contributed by atoms with E-state index >= 15 is 0 Å². The van der Waals surface area contributed by atoms with E-state index in [9.17, 15) is 9.59 Å². The van der Waals surface area contributed by atoms with E-state index in [0.29, 0.717) is 34.7 Å². The van der Waals surface area contributed by atoms with Gasteiger partial charge in [0, 0.05) is 18.5 Å². The first kappa shape index (κ1) is 19.3. The standard InChI is InChI=1S/C16H22BrNO5/c1-4-5-23-15-12(17)7-11(8-13(15)22-3)16(21)18-9-10(2)6-14(19)20/h7-8,10H,4-6,9H2,1-3H3,(H,18,21)(H,19,20). The maximum atomic E-state index is 12.2. The minimum absolute atomic E-state index is 0.0110. The largest absolute Gasteiger partial charge is 0.493 e. The van der Waals surface area contributed by atoms with Crippen molar-refractivity contribution in [3.63, 3.8) is 0 Å². The predicted octanol–water partition coefficient (Wildman–Crippen LogP) is 3.09. The van der Waals surface area contributed by atoms with E-state index in [0.717, 1.165) is 6.42 Å². The van der Waals surface area contributed by atoms with Gasteiger partial charge in [-0.15, -0.1) is 0 Å². The molecular formula is C16H22BrNO5. The zero-order valence-corrected chi connectivity index (χ0v) is 15.1. The molecule has 0 spiro atoms. The molecular weight excluding hydrogens is 366 g/mol. The van der Waals surface area contributed by atoms with Crippen molar-refractivity contribution in [2.45, 2.75) is 26.7 Å². The molecule has 1 amide bonds. The number of aliphatic carboxylic acids is 1. The van der Waals surface area contributed by atoms with E-state index in [4.69, 9.17) is 14.6 Å². The monoisotopic (exact) mass is 387 g/mol. The SMILES string of the molecule is CCCOc1c(Br)cc(C(=O)NCC(C)CC(=O)O)cc1OC. The summed E-state index contributed by atoms with van der Waals surface area (Å²) in [6, 6.07) is 3.26. The zero-order valence-electron chi connectivity index (χ0n) is 13.5. The molecule has 0 aliphatic carbocycles. The summed E-state index contributed by atoms with van der Waals surface area (Å²) >= 11 is 3.39. The second-order valence-corrected chi connectivity index (χ2v) is 6.11. The number of hydrogen-bond acceptors (Lipinski definition) is 4. The number of carboxylic acids is 1. The summed E-state index contributed by atoms with van der Waals surface area (Å²) in [5.41, 5.74) is 0.417. The quantitative estimate of drug-likeness (QED) is 0.679. The number of carbonyl (C=O) groups is 2. The van der Waals surface area contributed by atoms with E-state index < -0.39 is 5.97 Å². The maximum absolute atomic E-state index is 12.2. The number of halogens is 1. The van der Waals surface area contributed by atoms with Gasteiger partial charge in [0.05, 0.1) is 18.2 Å². The molecule has 2 N–H and O–H groups in total. The van der Waals surface area contributed by atoms with Gasteiger partial charge in [0.15, 0.2) is 11.5 Å². The number of nitrogens with one attached hydrogen (secondary N) is 1. The van der Waals surface area contributed by atoms with Crippen molar-refractivity contribution in [3.05, 3.63) is 22.2 Å². The van der Waals surface area contributed by atoms with Crippen LogP contribution in [0.1, 0.15) is 37.0 Å². The van der Waals surface area contributed by atoms with Crippen LogP contribution in [0.2, 0.25) is 0 Å². The Morgan fingerprint density at radius 1 is 1.39 bits per heavy atom. The molecule has 0 radical (unpaired) electrons. The van der Waals surface area contributed by atoms with Crippen LogP contribution in [0.3, 0.4) is 0 Å². The van der Waals surface area contributed by atoms with Crippen molar-refractivity contribution < 1.29 is 24.2 Å². The van der Waals surface area contributed by atoms with Crippen LogP contribution in [0.15, 0.2) is 16.6 Å². The summed E-state index contributed by atoms with van der Waals surface area (Å²) in [5, 5.41) is 11.4. The van der Waals surface area contributed by atoms with Crippen LogP contribution in [0, 0.1) is 5.92 Å². The Bertz CT molecular complexity index is 562. The highest BCUT2D eigenvalue weighted by Crippen LogP contribution is 2.36. The topological polar surface area (TPSA) is 84.9 Å². The predicted molar refractivity (Wildman–Crippen MR) is 90.2 cm³/mol. The van der Waals surface area contributed by atoms with Gasteiger partial charge in [-0.2, -0.15) is 0 Å². The molecule has 0 heterocycles. The number of hydrogen-bond donors (Lipinski definition) is 2. The minimum Gasteiger partial charge on any atom is -0.493 e. The van der Waals surface area contributed by atoms with Crippen LogP contribution in [0.4, 0.5) is 0 Å². The lowest BCUT2D eigenvalue weighted by molar-refractivity contribution is -0.137. The van der Waals surface area contributed by atoms with Crippen molar-refractivity contribution in [3.8, 4) is 11.5 Å². The highest BCUT2D eigenvalue weighted by molar-refractivity contribution is 9.10. The molecule has 0 bridgehead atoms. The van der Waals surface area contributed by atoms with Gasteiger partial charge in [-0.3, -0.25) is 9.59 Å². The molecule has 0 fully saturated rings. The fourth-order valence-corrected chi connectivity index (χ4v) is 2.49. The Kier molecular flexibility index (Phi) is 7.88. The molecule has 0 saturated carbocycles. The molecule has 0 aliphatic heterocycles. The molecule has 1 aromatic carbocycles. The van der Waals surface area contributed by atoms with Gasteiger partial charge < -0.3 is 19.9 Å². The highest BCUT2D eigenvalue weighted by Gasteiger charge is 2.16. The number of methoxy groups -OCH3 is 1. The minimum atomic E-state index is -0.881. The Hall–Kier alpha value is -1.76. The van der Waals surface area contributed by atoms with Gasteiger partial charge in [0.25, 0.3) is 5.91 Å². The molecule has 0 saturated heterocycles. The first-order chi connectivity index (χ1) is 10.9. The third-order valence-electron chi connectivity index (χ3n) is 3.08. The van der Waals surface area contributed by atoms with E-state index in [1.165, 1.54) is 7.11 Å². The second-order valence-electron chi connectivity index (χ2n) is 5.25. The molecule has 1 aromatic rings. The van der Waals surface area contributed by atoms with E-state index in [-0.39, 0.29) is 18.2 Å². The van der Waals surface area contributed by atoms with E-state index in [2.05, 4.69) is 21.2 Å². The lowest BCUT2D eigenvalue weighted by Crippen LogP contribution is -2.29. The average Bonchev–Trinajstić information content (AvgIpc) is 2.50. The summed E-state index contributed by atoms with van der Waals surface area (Å²) < 4.78 is 11.5. The number of carboxylic acid groups (broad SMARTS) is 1. The van der Waals surface area contributed by atoms with Crippen molar-refractivity contribution in [1.82, 2.24) is 5.32 Å². The lowest BCUT2D eigenvalue weighted by atomic mass is 10.1. The third kappa shape index (κ3) is 6.09. The molecule has 1 rings (SSSR count). The normalized spacial score (nSPS) is 11.7. The molecule has 0 aliphatic rings. The molecule has 1 atom stereocenters. The number of amides is 1. The lowest BCUT2D eigenvalue weighted by Gasteiger charge is -2.15. The zero-order chi connectivity index (χ0) is 17.4. The summed E-state index contributed by atoms with van der Waals surface area (Å²) in [5.74, 6) is -0.285. The number of benzene rings is 1. The van der Waals surface area contributed by atoms with Crippen LogP contribution < -0.4 is 14.8 Å². The molecule has 23 heavy (non-hydrogen) atoms. The van der Waals surface area contributed by atoms with Crippen molar-refractivity contribution in [1.29, 1.82) is 0 Å². The van der Waals surface area contributed by atoms with Crippen LogP contribution in [-0.2, 0) is 4.79 Å². The summed E-state index contributed by atoms with van der Waals surface area (Å²) in [6.07, 6.45) is 0.871. The van der Waals surface area contributed by atoms with Gasteiger partial charge >= 0.3 is 5.97 Å². The average molecular weight is 388 g/mol. The molecule has 7 heteroatoms. The van der Waals surface area contributed by atoms with Crippen LogP contribution in [0.5, 0.6) is 11.5 Å². The van der Waals surface area contributed by atoms with Gasteiger partial charge in [-0.25, -0.2) is 0 Å². The molecule has 1 unspecified atom stereocenters. The Labute approximate surface area is 144 Å². The van der Waals surface area contributed by atoms with Gasteiger partial charge in [-0.1, -0.05) is 13.8 Å². The fraction of sp³-hybridized carbons (Fsp3) is 0.500. The first-order valence-corrected chi connectivity index (χ1v) is 8.18. The Morgan fingerprint density at radius 3 is 2.65 bits per heavy atom. The van der Waals surface area contributed by atoms with Crippen molar-refractivity contribution in [2.24, 2.45) is 5.92 Å². The summed E-state index contributed by atoms with van der Waals surface area (Å²) in [6.45, 7) is 4.61. The fourth-order valence-electron chi connectivity index (χ4n) is 1.93. The third-order valence-corrected chi connectivity index (χ3v) is 3.67. The summed E-state index contributed by atoms with van der Waals surface area (Å²) in [7, 11) is 1.51. The number of rotatable bonds is 9. The van der Waals surface area contributed by atoms with Crippen LogP contribution >= 0.6 is 15.9 Å². The smallest absolute Gasteiger partial charge is 0.303 e. The van der Waals surface area contributed by atoms with Crippen molar-refractivity contribution in [2.75, 3.05) is 20.3 Å². The molecule has 0 aromatic heterocycles. The Balaban J connectivity index is 2.81. The van der Waals surface area contributed by atoms with Crippen molar-refractivity contribution >= 4 is 27.8 Å². The van der Waals surface area contributed by atoms with Crippen LogP contribution in [0.25, 0.3) is 0 Å². The van der Waals surface area contributed by atoms with Gasteiger partial charge in [0.1, 0.15) is 0 Å². The first-order valence-electron chi connectivity index (χ1n) is 7.39. The van der Waals surface area contributed by atoms with Gasteiger partial charge in [0.2, 0.25) is 0 Å². The maximum Gasteiger partial charge on any atom is 0.303 e. The van der Waals surface area contributed by atoms with E-state index in [1.54, 1.807) is 19.1 Å². The Morgan fingerprint density at radius 2 is 2.09 bits per heavy atom. The second kappa shape index (κ2) is 9.39.